The molecule has 14 heavy (non-hydrogen) atoms. The van der Waals surface area contributed by atoms with Gasteiger partial charge in [-0.25, -0.2) is 0 Å². The Morgan fingerprint density at radius 1 is 1.43 bits per heavy atom. The van der Waals surface area contributed by atoms with E-state index < -0.39 is 18.6 Å². The van der Waals surface area contributed by atoms with E-state index in [2.05, 4.69) is 5.32 Å². The van der Waals surface area contributed by atoms with Gasteiger partial charge in [0, 0.05) is 13.2 Å². The summed E-state index contributed by atoms with van der Waals surface area (Å²) >= 11 is 0. The summed E-state index contributed by atoms with van der Waals surface area (Å²) in [6.07, 6.45) is -4.48. The molecule has 2 atom stereocenters. The highest BCUT2D eigenvalue weighted by atomic mass is 19.4. The van der Waals surface area contributed by atoms with Crippen LogP contribution >= 0.6 is 0 Å². The third kappa shape index (κ3) is 5.04. The molecule has 0 radical (unpaired) electrons. The zero-order valence-electron chi connectivity index (χ0n) is 7.80. The van der Waals surface area contributed by atoms with E-state index in [1.54, 1.807) is 6.92 Å². The SMILES string of the molecule is CC(CO)CNCC(C#N)C(F)(F)F. The van der Waals surface area contributed by atoms with E-state index in [1.807, 2.05) is 0 Å². The molecule has 0 heterocycles. The van der Waals surface area contributed by atoms with Crippen LogP contribution in [0, 0.1) is 23.2 Å². The van der Waals surface area contributed by atoms with E-state index in [9.17, 15) is 13.2 Å². The maximum absolute atomic E-state index is 12.0. The number of nitrogens with zero attached hydrogens (tertiary/aromatic N) is 1. The minimum Gasteiger partial charge on any atom is -0.396 e. The van der Waals surface area contributed by atoms with E-state index in [0.717, 1.165) is 0 Å². The van der Waals surface area contributed by atoms with E-state index in [0.29, 0.717) is 0 Å². The molecule has 0 bridgehead atoms. The summed E-state index contributed by atoms with van der Waals surface area (Å²) in [7, 11) is 0. The van der Waals surface area contributed by atoms with Gasteiger partial charge >= 0.3 is 6.18 Å². The number of halogens is 3. The van der Waals surface area contributed by atoms with E-state index in [-0.39, 0.29) is 19.1 Å². The minimum absolute atomic E-state index is 0.0871. The number of nitriles is 1. The summed E-state index contributed by atoms with van der Waals surface area (Å²) in [5.74, 6) is -2.09. The lowest BCUT2D eigenvalue weighted by Crippen LogP contribution is -2.34. The minimum atomic E-state index is -4.48. The van der Waals surface area contributed by atoms with Crippen molar-refractivity contribution in [2.45, 2.75) is 13.1 Å². The Hall–Kier alpha value is -0.800. The van der Waals surface area contributed by atoms with Crippen molar-refractivity contribution >= 4 is 0 Å². The van der Waals surface area contributed by atoms with Crippen LogP contribution in [0.5, 0.6) is 0 Å². The van der Waals surface area contributed by atoms with E-state index in [4.69, 9.17) is 10.4 Å². The molecule has 2 N–H and O–H groups in total. The van der Waals surface area contributed by atoms with Crippen molar-refractivity contribution in [3.8, 4) is 6.07 Å². The van der Waals surface area contributed by atoms with Gasteiger partial charge in [-0.3, -0.25) is 0 Å². The molecular formula is C8H13F3N2O. The monoisotopic (exact) mass is 210 g/mol. The lowest BCUT2D eigenvalue weighted by Gasteiger charge is -2.15. The molecule has 0 spiro atoms. The van der Waals surface area contributed by atoms with Crippen LogP contribution in [0.3, 0.4) is 0 Å². The lowest BCUT2D eigenvalue weighted by atomic mass is 10.1. The second-order valence-electron chi connectivity index (χ2n) is 3.17. The molecule has 0 rings (SSSR count). The highest BCUT2D eigenvalue weighted by molar-refractivity contribution is 4.89. The molecule has 2 unspecified atom stereocenters. The Balaban J connectivity index is 3.82. The van der Waals surface area contributed by atoms with Gasteiger partial charge in [-0.1, -0.05) is 6.92 Å². The van der Waals surface area contributed by atoms with Crippen LogP contribution in [-0.4, -0.2) is 31.0 Å². The molecule has 3 nitrogen and oxygen atoms in total. The Bertz CT molecular complexity index is 200. The first-order chi connectivity index (χ1) is 6.41. The third-order valence-electron chi connectivity index (χ3n) is 1.70. The van der Waals surface area contributed by atoms with Gasteiger partial charge in [0.15, 0.2) is 5.92 Å². The average molecular weight is 210 g/mol. The summed E-state index contributed by atoms with van der Waals surface area (Å²) in [4.78, 5) is 0. The first kappa shape index (κ1) is 13.2. The summed E-state index contributed by atoms with van der Waals surface area (Å²) in [5, 5.41) is 19.3. The Morgan fingerprint density at radius 2 is 2.00 bits per heavy atom. The van der Waals surface area contributed by atoms with Crippen LogP contribution in [0.2, 0.25) is 0 Å². The van der Waals surface area contributed by atoms with Crippen molar-refractivity contribution in [3.63, 3.8) is 0 Å². The predicted molar refractivity (Wildman–Crippen MR) is 44.3 cm³/mol. The van der Waals surface area contributed by atoms with Crippen LogP contribution < -0.4 is 5.32 Å². The molecular weight excluding hydrogens is 197 g/mol. The molecule has 6 heteroatoms. The molecule has 0 aliphatic carbocycles. The van der Waals surface area contributed by atoms with Crippen LogP contribution in [0.25, 0.3) is 0 Å². The van der Waals surface area contributed by atoms with Crippen molar-refractivity contribution in [3.05, 3.63) is 0 Å². The van der Waals surface area contributed by atoms with Gasteiger partial charge in [0.1, 0.15) is 0 Å². The topological polar surface area (TPSA) is 56.0 Å². The Morgan fingerprint density at radius 3 is 2.36 bits per heavy atom. The smallest absolute Gasteiger partial charge is 0.396 e. The zero-order chi connectivity index (χ0) is 11.2. The van der Waals surface area contributed by atoms with Gasteiger partial charge in [-0.15, -0.1) is 0 Å². The van der Waals surface area contributed by atoms with Gasteiger partial charge in [-0.05, 0) is 12.5 Å². The summed E-state index contributed by atoms with van der Waals surface area (Å²) < 4.78 is 36.0. The van der Waals surface area contributed by atoms with Crippen molar-refractivity contribution < 1.29 is 18.3 Å². The molecule has 0 saturated heterocycles. The molecule has 0 aliphatic heterocycles. The van der Waals surface area contributed by atoms with Crippen molar-refractivity contribution in [1.82, 2.24) is 5.32 Å². The number of alkyl halides is 3. The maximum Gasteiger partial charge on any atom is 0.405 e. The van der Waals surface area contributed by atoms with Crippen LogP contribution in [-0.2, 0) is 0 Å². The molecule has 0 aliphatic rings. The predicted octanol–water partition coefficient (Wildman–Crippen LogP) is 0.906. The quantitative estimate of drug-likeness (QED) is 0.709. The highest BCUT2D eigenvalue weighted by Crippen LogP contribution is 2.24. The molecule has 0 aromatic rings. The van der Waals surface area contributed by atoms with Crippen LogP contribution in [0.1, 0.15) is 6.92 Å². The summed E-state index contributed by atoms with van der Waals surface area (Å²) in [5.41, 5.74) is 0. The molecule has 0 aromatic carbocycles. The molecule has 0 saturated carbocycles. The number of nitrogens with one attached hydrogen (secondary N) is 1. The fraction of sp³-hybridized carbons (Fsp3) is 0.875. The number of rotatable bonds is 5. The number of aliphatic hydroxyl groups excluding tert-OH is 1. The van der Waals surface area contributed by atoms with E-state index in [1.165, 1.54) is 6.07 Å². The maximum atomic E-state index is 12.0. The van der Waals surface area contributed by atoms with Gasteiger partial charge in [0.25, 0.3) is 0 Å². The Labute approximate surface area is 80.5 Å². The second kappa shape index (κ2) is 5.83. The van der Waals surface area contributed by atoms with Gasteiger partial charge < -0.3 is 10.4 Å². The third-order valence-corrected chi connectivity index (χ3v) is 1.70. The van der Waals surface area contributed by atoms with Crippen LogP contribution in [0.15, 0.2) is 0 Å². The van der Waals surface area contributed by atoms with Gasteiger partial charge in [0.2, 0.25) is 0 Å². The molecule has 0 aromatic heterocycles. The Kier molecular flexibility index (Phi) is 5.50. The summed E-state index contributed by atoms with van der Waals surface area (Å²) in [6.45, 7) is 1.45. The van der Waals surface area contributed by atoms with E-state index >= 15 is 0 Å². The fourth-order valence-electron chi connectivity index (χ4n) is 0.773. The normalized spacial score (nSPS) is 16.0. The first-order valence-electron chi connectivity index (χ1n) is 4.19. The van der Waals surface area contributed by atoms with Crippen molar-refractivity contribution in [1.29, 1.82) is 5.26 Å². The van der Waals surface area contributed by atoms with Crippen molar-refractivity contribution in [2.24, 2.45) is 11.8 Å². The second-order valence-corrected chi connectivity index (χ2v) is 3.17. The number of aliphatic hydroxyl groups is 1. The average Bonchev–Trinajstić information content (AvgIpc) is 2.09. The van der Waals surface area contributed by atoms with Crippen LogP contribution in [0.4, 0.5) is 13.2 Å². The molecule has 0 amide bonds. The van der Waals surface area contributed by atoms with Gasteiger partial charge in [0.05, 0.1) is 6.07 Å². The number of hydrogen-bond donors (Lipinski definition) is 2. The molecule has 0 fully saturated rings. The van der Waals surface area contributed by atoms with Gasteiger partial charge in [-0.2, -0.15) is 18.4 Å². The summed E-state index contributed by atoms with van der Waals surface area (Å²) in [6, 6.07) is 1.18. The van der Waals surface area contributed by atoms with Crippen molar-refractivity contribution in [2.75, 3.05) is 19.7 Å². The first-order valence-corrected chi connectivity index (χ1v) is 4.19. The number of hydrogen-bond acceptors (Lipinski definition) is 3. The fourth-order valence-corrected chi connectivity index (χ4v) is 0.773. The lowest BCUT2D eigenvalue weighted by molar-refractivity contribution is -0.157. The largest absolute Gasteiger partial charge is 0.405 e. The molecule has 82 valence electrons. The standard InChI is InChI=1S/C8H13F3N2O/c1-6(5-14)3-13-4-7(2-12)8(9,10)11/h6-7,13-14H,3-5H2,1H3. The highest BCUT2D eigenvalue weighted by Gasteiger charge is 2.39. The zero-order valence-corrected chi connectivity index (χ0v) is 7.80.